The molecule has 2 aromatic rings. The number of hydrogen-bond donors (Lipinski definition) is 1. The lowest BCUT2D eigenvalue weighted by Crippen LogP contribution is -2.17. The zero-order chi connectivity index (χ0) is 12.7. The summed E-state index contributed by atoms with van der Waals surface area (Å²) in [5.41, 5.74) is 2.19. The van der Waals surface area contributed by atoms with Crippen molar-refractivity contribution in [1.82, 2.24) is 9.78 Å². The number of benzene rings is 1. The minimum Gasteiger partial charge on any atom is -0.298 e. The van der Waals surface area contributed by atoms with Crippen LogP contribution in [-0.2, 0) is 6.54 Å². The van der Waals surface area contributed by atoms with Crippen molar-refractivity contribution >= 4 is 31.9 Å². The molecule has 0 bridgehead atoms. The summed E-state index contributed by atoms with van der Waals surface area (Å²) in [6.45, 7) is 0.581. The van der Waals surface area contributed by atoms with Gasteiger partial charge >= 0.3 is 0 Å². The van der Waals surface area contributed by atoms with Crippen molar-refractivity contribution in [3.63, 3.8) is 0 Å². The van der Waals surface area contributed by atoms with E-state index in [1.54, 1.807) is 4.68 Å². The van der Waals surface area contributed by atoms with E-state index in [1.807, 2.05) is 24.3 Å². The maximum atomic E-state index is 12.1. The molecule has 1 fully saturated rings. The predicted octanol–water partition coefficient (Wildman–Crippen LogP) is 3.63. The number of H-pyrrole nitrogens is 1. The summed E-state index contributed by atoms with van der Waals surface area (Å²) < 4.78 is 3.41. The average Bonchev–Trinajstić information content (AvgIpc) is 3.15. The molecule has 1 heterocycles. The fraction of sp³-hybridized carbons (Fsp3) is 0.308. The molecule has 1 aliphatic carbocycles. The normalized spacial score (nSPS) is 15.0. The maximum absolute atomic E-state index is 12.1. The number of aromatic nitrogens is 2. The van der Waals surface area contributed by atoms with E-state index in [0.29, 0.717) is 16.9 Å². The van der Waals surface area contributed by atoms with Gasteiger partial charge in [-0.2, -0.15) is 0 Å². The third kappa shape index (κ3) is 2.34. The number of hydrogen-bond acceptors (Lipinski definition) is 1. The van der Waals surface area contributed by atoms with Crippen molar-refractivity contribution in [3.8, 4) is 0 Å². The van der Waals surface area contributed by atoms with Crippen LogP contribution in [0, 0.1) is 0 Å². The minimum atomic E-state index is 0.0276. The van der Waals surface area contributed by atoms with Crippen LogP contribution in [0.1, 0.15) is 30.0 Å². The van der Waals surface area contributed by atoms with Gasteiger partial charge in [-0.3, -0.25) is 9.89 Å². The maximum Gasteiger partial charge on any atom is 0.281 e. The van der Waals surface area contributed by atoms with Crippen molar-refractivity contribution in [2.75, 3.05) is 0 Å². The molecule has 0 atom stereocenters. The van der Waals surface area contributed by atoms with Crippen LogP contribution >= 0.6 is 31.9 Å². The van der Waals surface area contributed by atoms with E-state index in [1.165, 1.54) is 12.8 Å². The Morgan fingerprint density at radius 2 is 1.89 bits per heavy atom. The van der Waals surface area contributed by atoms with Crippen molar-refractivity contribution in [2.24, 2.45) is 0 Å². The third-order valence-electron chi connectivity index (χ3n) is 3.16. The highest BCUT2D eigenvalue weighted by Crippen LogP contribution is 2.41. The van der Waals surface area contributed by atoms with Crippen LogP contribution < -0.4 is 5.56 Å². The Kier molecular flexibility index (Phi) is 3.20. The Balaban J connectivity index is 1.90. The van der Waals surface area contributed by atoms with Gasteiger partial charge in [0.25, 0.3) is 5.56 Å². The zero-order valence-electron chi connectivity index (χ0n) is 9.62. The molecule has 1 N–H and O–H groups in total. The van der Waals surface area contributed by atoms with Gasteiger partial charge in [0.05, 0.1) is 12.2 Å². The lowest BCUT2D eigenvalue weighted by atomic mass is 10.2. The molecule has 1 aromatic heterocycles. The van der Waals surface area contributed by atoms with Gasteiger partial charge in [-0.1, -0.05) is 28.1 Å². The van der Waals surface area contributed by atoms with Crippen LogP contribution in [0.15, 0.2) is 38.0 Å². The molecular formula is C13H12Br2N2O. The van der Waals surface area contributed by atoms with Gasteiger partial charge in [0.15, 0.2) is 0 Å². The summed E-state index contributed by atoms with van der Waals surface area (Å²) >= 11 is 6.80. The Bertz CT molecular complexity index is 623. The highest BCUT2D eigenvalue weighted by atomic mass is 79.9. The first-order valence-electron chi connectivity index (χ1n) is 5.88. The highest BCUT2D eigenvalue weighted by Gasteiger charge is 2.29. The van der Waals surface area contributed by atoms with Crippen molar-refractivity contribution in [2.45, 2.75) is 25.3 Å². The Morgan fingerprint density at radius 1 is 1.22 bits per heavy atom. The fourth-order valence-electron chi connectivity index (χ4n) is 2.01. The van der Waals surface area contributed by atoms with E-state index in [9.17, 15) is 4.79 Å². The van der Waals surface area contributed by atoms with Gasteiger partial charge in [0.1, 0.15) is 4.47 Å². The van der Waals surface area contributed by atoms with Crippen molar-refractivity contribution in [1.29, 1.82) is 0 Å². The smallest absolute Gasteiger partial charge is 0.281 e. The fourth-order valence-corrected chi connectivity index (χ4v) is 2.90. The SMILES string of the molecule is O=c1c(Br)c(C2CC2)[nH]n1Cc1ccc(Br)cc1. The van der Waals surface area contributed by atoms with Gasteiger partial charge in [0, 0.05) is 10.4 Å². The van der Waals surface area contributed by atoms with Crippen molar-refractivity contribution < 1.29 is 0 Å². The lowest BCUT2D eigenvalue weighted by Gasteiger charge is -2.02. The van der Waals surface area contributed by atoms with E-state index in [0.717, 1.165) is 15.7 Å². The molecule has 18 heavy (non-hydrogen) atoms. The van der Waals surface area contributed by atoms with E-state index in [4.69, 9.17) is 0 Å². The molecular weight excluding hydrogens is 360 g/mol. The molecule has 94 valence electrons. The Morgan fingerprint density at radius 3 is 2.50 bits per heavy atom. The lowest BCUT2D eigenvalue weighted by molar-refractivity contribution is 0.651. The topological polar surface area (TPSA) is 37.8 Å². The van der Waals surface area contributed by atoms with Crippen LogP contribution in [0.25, 0.3) is 0 Å². The molecule has 0 spiro atoms. The van der Waals surface area contributed by atoms with Crippen LogP contribution in [0.5, 0.6) is 0 Å². The number of rotatable bonds is 3. The number of nitrogens with one attached hydrogen (secondary N) is 1. The Hall–Kier alpha value is -0.810. The number of aromatic amines is 1. The first-order chi connectivity index (χ1) is 8.65. The summed E-state index contributed by atoms with van der Waals surface area (Å²) in [5, 5.41) is 3.22. The van der Waals surface area contributed by atoms with E-state index >= 15 is 0 Å². The molecule has 0 amide bonds. The standard InChI is InChI=1S/C13H12Br2N2O/c14-10-5-1-8(2-6-10)7-17-13(18)11(15)12(16-17)9-3-4-9/h1-2,5-6,9,16H,3-4,7H2. The molecule has 0 radical (unpaired) electrons. The predicted molar refractivity (Wildman–Crippen MR) is 78.0 cm³/mol. The van der Waals surface area contributed by atoms with Gasteiger partial charge < -0.3 is 0 Å². The van der Waals surface area contributed by atoms with Crippen LogP contribution in [0.4, 0.5) is 0 Å². The molecule has 0 unspecified atom stereocenters. The summed E-state index contributed by atoms with van der Waals surface area (Å²) in [4.78, 5) is 12.1. The molecule has 1 saturated carbocycles. The van der Waals surface area contributed by atoms with Gasteiger partial charge in [-0.25, -0.2) is 4.68 Å². The number of nitrogens with zero attached hydrogens (tertiary/aromatic N) is 1. The Labute approximate surface area is 121 Å². The first-order valence-corrected chi connectivity index (χ1v) is 7.46. The molecule has 5 heteroatoms. The largest absolute Gasteiger partial charge is 0.298 e. The molecule has 0 saturated heterocycles. The first kappa shape index (κ1) is 12.2. The second kappa shape index (κ2) is 4.70. The minimum absolute atomic E-state index is 0.0276. The summed E-state index contributed by atoms with van der Waals surface area (Å²) in [6, 6.07) is 8.00. The second-order valence-corrected chi connectivity index (χ2v) is 6.34. The zero-order valence-corrected chi connectivity index (χ0v) is 12.8. The van der Waals surface area contributed by atoms with Gasteiger partial charge in [0.2, 0.25) is 0 Å². The molecule has 3 nitrogen and oxygen atoms in total. The van der Waals surface area contributed by atoms with E-state index < -0.39 is 0 Å². The molecule has 3 rings (SSSR count). The van der Waals surface area contributed by atoms with Crippen LogP contribution in [-0.4, -0.2) is 9.78 Å². The monoisotopic (exact) mass is 370 g/mol. The van der Waals surface area contributed by atoms with Crippen molar-refractivity contribution in [3.05, 3.63) is 54.8 Å². The summed E-state index contributed by atoms with van der Waals surface area (Å²) in [6.07, 6.45) is 2.35. The quantitative estimate of drug-likeness (QED) is 0.878. The third-order valence-corrected chi connectivity index (χ3v) is 4.46. The van der Waals surface area contributed by atoms with Gasteiger partial charge in [-0.15, -0.1) is 0 Å². The highest BCUT2D eigenvalue weighted by molar-refractivity contribution is 9.10. The number of halogens is 2. The summed E-state index contributed by atoms with van der Waals surface area (Å²) in [7, 11) is 0. The van der Waals surface area contributed by atoms with E-state index in [-0.39, 0.29) is 5.56 Å². The van der Waals surface area contributed by atoms with Crippen LogP contribution in [0.2, 0.25) is 0 Å². The molecule has 1 aromatic carbocycles. The molecule has 0 aliphatic heterocycles. The molecule has 1 aliphatic rings. The summed E-state index contributed by atoms with van der Waals surface area (Å²) in [5.74, 6) is 0.540. The van der Waals surface area contributed by atoms with Crippen LogP contribution in [0.3, 0.4) is 0 Å². The average molecular weight is 372 g/mol. The van der Waals surface area contributed by atoms with Gasteiger partial charge in [-0.05, 0) is 46.5 Å². The van der Waals surface area contributed by atoms with E-state index in [2.05, 4.69) is 37.0 Å². The second-order valence-electron chi connectivity index (χ2n) is 4.63.